The van der Waals surface area contributed by atoms with Crippen molar-refractivity contribution < 1.29 is 13.9 Å². The smallest absolute Gasteiger partial charge is 0.163 e. The lowest BCUT2D eigenvalue weighted by atomic mass is 10.1. The average molecular weight is 354 g/mol. The molecular formula is C17H21ClFN3O2. The van der Waals surface area contributed by atoms with E-state index in [0.717, 1.165) is 5.69 Å². The van der Waals surface area contributed by atoms with Crippen LogP contribution in [0.15, 0.2) is 18.2 Å². The number of aromatic nitrogens is 2. The number of nitrogens with one attached hydrogen (secondary N) is 1. The quantitative estimate of drug-likeness (QED) is 0.580. The molecule has 0 unspecified atom stereocenters. The first-order valence-electron chi connectivity index (χ1n) is 7.64. The Hall–Kier alpha value is -2.08. The van der Waals surface area contributed by atoms with Crippen molar-refractivity contribution in [3.63, 3.8) is 0 Å². The second-order valence-electron chi connectivity index (χ2n) is 5.22. The highest BCUT2D eigenvalue weighted by atomic mass is 35.5. The fourth-order valence-corrected chi connectivity index (χ4v) is 2.34. The summed E-state index contributed by atoms with van der Waals surface area (Å²) in [5.74, 6) is 2.19. The van der Waals surface area contributed by atoms with Gasteiger partial charge >= 0.3 is 0 Å². The molecule has 1 aromatic heterocycles. The number of ether oxygens (including phenoxy) is 2. The molecule has 0 atom stereocenters. The fourth-order valence-electron chi connectivity index (χ4n) is 2.23. The van der Waals surface area contributed by atoms with Crippen LogP contribution in [0.2, 0.25) is 0 Å². The summed E-state index contributed by atoms with van der Waals surface area (Å²) in [5.41, 5.74) is 1.26. The summed E-state index contributed by atoms with van der Waals surface area (Å²) in [6, 6.07) is 4.78. The molecule has 5 nitrogen and oxygen atoms in total. The van der Waals surface area contributed by atoms with Crippen LogP contribution in [0.5, 0.6) is 11.5 Å². The Bertz CT molecular complexity index is 698. The summed E-state index contributed by atoms with van der Waals surface area (Å²) >= 11 is 5.65. The molecule has 0 radical (unpaired) electrons. The number of hydrogen-bond acceptors (Lipinski definition) is 5. The Morgan fingerprint density at radius 1 is 1.21 bits per heavy atom. The maximum Gasteiger partial charge on any atom is 0.163 e. The number of benzene rings is 1. The van der Waals surface area contributed by atoms with Crippen molar-refractivity contribution in [1.82, 2.24) is 9.97 Å². The van der Waals surface area contributed by atoms with Gasteiger partial charge in [-0.05, 0) is 25.0 Å². The van der Waals surface area contributed by atoms with Crippen molar-refractivity contribution in [2.75, 3.05) is 32.0 Å². The first-order chi connectivity index (χ1) is 11.6. The summed E-state index contributed by atoms with van der Waals surface area (Å²) in [6.45, 7) is 2.31. The summed E-state index contributed by atoms with van der Waals surface area (Å²) in [4.78, 5) is 8.72. The zero-order valence-corrected chi connectivity index (χ0v) is 14.8. The van der Waals surface area contributed by atoms with E-state index in [4.69, 9.17) is 21.1 Å². The first-order valence-corrected chi connectivity index (χ1v) is 8.18. The van der Waals surface area contributed by atoms with Gasteiger partial charge in [-0.1, -0.05) is 0 Å². The van der Waals surface area contributed by atoms with E-state index in [1.165, 1.54) is 13.2 Å². The molecule has 24 heavy (non-hydrogen) atoms. The van der Waals surface area contributed by atoms with Crippen molar-refractivity contribution in [1.29, 1.82) is 0 Å². The van der Waals surface area contributed by atoms with E-state index >= 15 is 0 Å². The lowest BCUT2D eigenvalue weighted by Crippen LogP contribution is -2.05. The Morgan fingerprint density at radius 3 is 2.67 bits per heavy atom. The molecular weight excluding hydrogens is 333 g/mol. The van der Waals surface area contributed by atoms with Gasteiger partial charge in [0.25, 0.3) is 0 Å². The molecule has 2 aromatic rings. The average Bonchev–Trinajstić information content (AvgIpc) is 2.57. The predicted octanol–water partition coefficient (Wildman–Crippen LogP) is 3.57. The van der Waals surface area contributed by atoms with Gasteiger partial charge < -0.3 is 14.8 Å². The van der Waals surface area contributed by atoms with E-state index in [0.29, 0.717) is 47.6 Å². The fraction of sp³-hybridized carbons (Fsp3) is 0.412. The number of anilines is 1. The molecule has 1 heterocycles. The minimum atomic E-state index is -0.382. The van der Waals surface area contributed by atoms with E-state index in [-0.39, 0.29) is 12.2 Å². The van der Waals surface area contributed by atoms with Crippen LogP contribution in [0.25, 0.3) is 0 Å². The van der Waals surface area contributed by atoms with E-state index in [9.17, 15) is 4.39 Å². The Morgan fingerprint density at radius 2 is 2.00 bits per heavy atom. The van der Waals surface area contributed by atoms with Crippen LogP contribution >= 0.6 is 11.6 Å². The highest BCUT2D eigenvalue weighted by Gasteiger charge is 2.14. The van der Waals surface area contributed by atoms with Crippen molar-refractivity contribution >= 4 is 17.4 Å². The number of aryl methyl sites for hydroxylation is 1. The van der Waals surface area contributed by atoms with Crippen molar-refractivity contribution in [3.05, 3.63) is 41.1 Å². The van der Waals surface area contributed by atoms with E-state index < -0.39 is 0 Å². The van der Waals surface area contributed by atoms with Gasteiger partial charge in [0, 0.05) is 37.2 Å². The number of rotatable bonds is 8. The Balaban J connectivity index is 2.29. The van der Waals surface area contributed by atoms with Gasteiger partial charge in [0.05, 0.1) is 13.7 Å². The third-order valence-corrected chi connectivity index (χ3v) is 3.64. The highest BCUT2D eigenvalue weighted by Crippen LogP contribution is 2.31. The van der Waals surface area contributed by atoms with Gasteiger partial charge in [0.2, 0.25) is 0 Å². The molecule has 1 aromatic carbocycles. The predicted molar refractivity (Wildman–Crippen MR) is 92.9 cm³/mol. The summed E-state index contributed by atoms with van der Waals surface area (Å²) in [6.07, 6.45) is 0.960. The van der Waals surface area contributed by atoms with Gasteiger partial charge in [0.1, 0.15) is 17.5 Å². The van der Waals surface area contributed by atoms with E-state index in [1.807, 2.05) is 13.0 Å². The topological polar surface area (TPSA) is 56.3 Å². The number of nitrogens with zero attached hydrogens (tertiary/aromatic N) is 2. The molecule has 7 heteroatoms. The normalized spacial score (nSPS) is 10.5. The molecule has 0 aliphatic carbocycles. The lowest BCUT2D eigenvalue weighted by molar-refractivity contribution is 0.293. The van der Waals surface area contributed by atoms with Crippen molar-refractivity contribution in [2.45, 2.75) is 19.8 Å². The first kappa shape index (κ1) is 18.3. The molecule has 0 fully saturated rings. The van der Waals surface area contributed by atoms with Crippen LogP contribution in [-0.2, 0) is 6.42 Å². The molecule has 0 bridgehead atoms. The molecule has 0 spiro atoms. The van der Waals surface area contributed by atoms with E-state index in [2.05, 4.69) is 15.3 Å². The third kappa shape index (κ3) is 4.71. The van der Waals surface area contributed by atoms with Gasteiger partial charge in [-0.2, -0.15) is 0 Å². The molecule has 0 saturated heterocycles. The molecule has 0 aliphatic rings. The molecule has 0 saturated carbocycles. The van der Waals surface area contributed by atoms with Crippen molar-refractivity contribution in [3.8, 4) is 11.5 Å². The largest absolute Gasteiger partial charge is 0.493 e. The van der Waals surface area contributed by atoms with Gasteiger partial charge in [-0.15, -0.1) is 11.6 Å². The second kappa shape index (κ2) is 8.68. The summed E-state index contributed by atoms with van der Waals surface area (Å²) < 4.78 is 25.2. The molecule has 1 N–H and O–H groups in total. The van der Waals surface area contributed by atoms with E-state index in [1.54, 1.807) is 13.1 Å². The zero-order valence-electron chi connectivity index (χ0n) is 14.0. The molecule has 0 amide bonds. The standard InChI is InChI=1S/C17H21ClFN3O2/c1-11-7-16(20-2)22-17(21-11)9-12-8-15(24-6-4-5-18)14(23-3)10-13(12)19/h7-8,10H,4-6,9H2,1-3H3,(H,20,21,22). The summed E-state index contributed by atoms with van der Waals surface area (Å²) in [7, 11) is 3.26. The maximum absolute atomic E-state index is 14.3. The van der Waals surface area contributed by atoms with Gasteiger partial charge in [0.15, 0.2) is 11.5 Å². The Labute approximate surface area is 146 Å². The molecule has 0 aliphatic heterocycles. The minimum absolute atomic E-state index is 0.262. The SMILES string of the molecule is CNc1cc(C)nc(Cc2cc(OCCCCl)c(OC)cc2F)n1. The van der Waals surface area contributed by atoms with Crippen LogP contribution in [0.1, 0.15) is 23.5 Å². The maximum atomic E-state index is 14.3. The number of alkyl halides is 1. The third-order valence-electron chi connectivity index (χ3n) is 3.37. The Kier molecular flexibility index (Phi) is 6.61. The van der Waals surface area contributed by atoms with Gasteiger partial charge in [-0.25, -0.2) is 14.4 Å². The summed E-state index contributed by atoms with van der Waals surface area (Å²) in [5, 5.41) is 2.97. The number of hydrogen-bond donors (Lipinski definition) is 1. The molecule has 130 valence electrons. The molecule has 2 rings (SSSR count). The number of methoxy groups -OCH3 is 1. The van der Waals surface area contributed by atoms with Crippen LogP contribution in [-0.4, -0.2) is 36.6 Å². The monoisotopic (exact) mass is 353 g/mol. The van der Waals surface area contributed by atoms with Gasteiger partial charge in [-0.3, -0.25) is 0 Å². The highest BCUT2D eigenvalue weighted by molar-refractivity contribution is 6.17. The van der Waals surface area contributed by atoms with Crippen LogP contribution in [0.3, 0.4) is 0 Å². The zero-order chi connectivity index (χ0) is 17.5. The second-order valence-corrected chi connectivity index (χ2v) is 5.60. The minimum Gasteiger partial charge on any atom is -0.493 e. The van der Waals surface area contributed by atoms with Crippen molar-refractivity contribution in [2.24, 2.45) is 0 Å². The van der Waals surface area contributed by atoms with Crippen LogP contribution in [0, 0.1) is 12.7 Å². The lowest BCUT2D eigenvalue weighted by Gasteiger charge is -2.13. The number of halogens is 2. The van der Waals surface area contributed by atoms with Crippen LogP contribution < -0.4 is 14.8 Å². The van der Waals surface area contributed by atoms with Crippen LogP contribution in [0.4, 0.5) is 10.2 Å².